The number of hydrogen-bond donors (Lipinski definition) is 2. The van der Waals surface area contributed by atoms with E-state index in [9.17, 15) is 18.8 Å². The minimum Gasteiger partial charge on any atom is -0.484 e. The Balaban J connectivity index is 1.47. The van der Waals surface area contributed by atoms with E-state index in [-0.39, 0.29) is 24.2 Å². The van der Waals surface area contributed by atoms with E-state index in [0.29, 0.717) is 13.1 Å². The van der Waals surface area contributed by atoms with Crippen LogP contribution >= 0.6 is 0 Å². The largest absolute Gasteiger partial charge is 0.484 e. The summed E-state index contributed by atoms with van der Waals surface area (Å²) in [6.07, 6.45) is -0.364. The molecule has 7 nitrogen and oxygen atoms in total. The van der Waals surface area contributed by atoms with Gasteiger partial charge in [-0.15, -0.1) is 0 Å². The van der Waals surface area contributed by atoms with Crippen LogP contribution in [0.1, 0.15) is 6.42 Å². The molecule has 0 aromatic heterocycles. The van der Waals surface area contributed by atoms with Crippen LogP contribution in [0.25, 0.3) is 0 Å². The molecule has 0 spiro atoms. The highest BCUT2D eigenvalue weighted by Gasteiger charge is 2.37. The van der Waals surface area contributed by atoms with Gasteiger partial charge in [-0.2, -0.15) is 0 Å². The minimum absolute atomic E-state index is 0.0933. The summed E-state index contributed by atoms with van der Waals surface area (Å²) in [4.78, 5) is 35.8. The van der Waals surface area contributed by atoms with Gasteiger partial charge in [0.15, 0.2) is 11.6 Å². The summed E-state index contributed by atoms with van der Waals surface area (Å²) < 4.78 is 18.9. The molecule has 2 N–H and O–H groups in total. The minimum atomic E-state index is -0.827. The Morgan fingerprint density at radius 2 is 2.05 bits per heavy atom. The van der Waals surface area contributed by atoms with Gasteiger partial charge in [0.25, 0.3) is 5.91 Å². The molecule has 2 aliphatic rings. The SMILES string of the molecule is O=C1NC(=O)[C@@H](CC(=O)N2CC(Oc3ccccc3F)C2)N1. The smallest absolute Gasteiger partial charge is 0.322 e. The number of urea groups is 1. The van der Waals surface area contributed by atoms with E-state index in [1.165, 1.54) is 17.0 Å². The van der Waals surface area contributed by atoms with Crippen LogP contribution in [0.15, 0.2) is 24.3 Å². The highest BCUT2D eigenvalue weighted by atomic mass is 19.1. The van der Waals surface area contributed by atoms with Crippen molar-refractivity contribution in [3.63, 3.8) is 0 Å². The fourth-order valence-corrected chi connectivity index (χ4v) is 2.34. The Hall–Kier alpha value is -2.64. The molecule has 2 heterocycles. The number of nitrogens with one attached hydrogen (secondary N) is 2. The number of benzene rings is 1. The van der Waals surface area contributed by atoms with Gasteiger partial charge in [-0.1, -0.05) is 12.1 Å². The predicted octanol–water partition coefficient (Wildman–Crippen LogP) is 0.0134. The quantitative estimate of drug-likeness (QED) is 0.767. The standard InChI is InChI=1S/C14H14FN3O4/c15-9-3-1-2-4-11(9)22-8-6-18(7-8)12(19)5-10-13(20)17-14(21)16-10/h1-4,8,10H,5-7H2,(H2,16,17,20,21)/t10-/m1/s1. The number of rotatable bonds is 4. The lowest BCUT2D eigenvalue weighted by molar-refractivity contribution is -0.141. The summed E-state index contributed by atoms with van der Waals surface area (Å²) in [5, 5.41) is 4.44. The van der Waals surface area contributed by atoms with Crippen molar-refractivity contribution in [3.8, 4) is 5.75 Å². The molecule has 0 radical (unpaired) electrons. The summed E-state index contributed by atoms with van der Waals surface area (Å²) in [6.45, 7) is 0.658. The van der Waals surface area contributed by atoms with Crippen LogP contribution in [0.2, 0.25) is 0 Å². The number of halogens is 1. The zero-order valence-corrected chi connectivity index (χ0v) is 11.5. The van der Waals surface area contributed by atoms with Crippen molar-refractivity contribution in [1.29, 1.82) is 0 Å². The Morgan fingerprint density at radius 1 is 1.32 bits per heavy atom. The fourth-order valence-electron chi connectivity index (χ4n) is 2.34. The summed E-state index contributed by atoms with van der Waals surface area (Å²) in [6, 6.07) is 4.65. The third kappa shape index (κ3) is 2.85. The number of imide groups is 1. The van der Waals surface area contributed by atoms with Gasteiger partial charge >= 0.3 is 6.03 Å². The molecule has 1 aromatic rings. The first kappa shape index (κ1) is 14.3. The van der Waals surface area contributed by atoms with E-state index in [4.69, 9.17) is 4.74 Å². The zero-order valence-electron chi connectivity index (χ0n) is 11.5. The number of amides is 4. The molecule has 0 bridgehead atoms. The summed E-state index contributed by atoms with van der Waals surface area (Å²) in [5.41, 5.74) is 0. The Bertz CT molecular complexity index is 630. The van der Waals surface area contributed by atoms with Crippen LogP contribution in [-0.2, 0) is 9.59 Å². The van der Waals surface area contributed by atoms with Crippen molar-refractivity contribution < 1.29 is 23.5 Å². The van der Waals surface area contributed by atoms with Crippen molar-refractivity contribution >= 4 is 17.8 Å². The molecule has 1 aromatic carbocycles. The summed E-state index contributed by atoms with van der Waals surface area (Å²) in [7, 11) is 0. The van der Waals surface area contributed by atoms with Gasteiger partial charge in [0.05, 0.1) is 19.5 Å². The maximum Gasteiger partial charge on any atom is 0.322 e. The third-order valence-electron chi connectivity index (χ3n) is 3.57. The van der Waals surface area contributed by atoms with E-state index >= 15 is 0 Å². The molecule has 116 valence electrons. The molecule has 1 atom stereocenters. The number of likely N-dealkylation sites (tertiary alicyclic amines) is 1. The van der Waals surface area contributed by atoms with Gasteiger partial charge in [-0.3, -0.25) is 14.9 Å². The number of carbonyl (C=O) groups is 3. The maximum atomic E-state index is 13.4. The number of hydrogen-bond acceptors (Lipinski definition) is 4. The Labute approximate surface area is 125 Å². The lowest BCUT2D eigenvalue weighted by Crippen LogP contribution is -2.57. The van der Waals surface area contributed by atoms with Crippen molar-refractivity contribution in [1.82, 2.24) is 15.5 Å². The Morgan fingerprint density at radius 3 is 2.68 bits per heavy atom. The number of ether oxygens (including phenoxy) is 1. The molecule has 8 heteroatoms. The van der Waals surface area contributed by atoms with Crippen LogP contribution in [0, 0.1) is 5.82 Å². The number of para-hydroxylation sites is 1. The summed E-state index contributed by atoms with van der Waals surface area (Å²) in [5.74, 6) is -1.05. The molecule has 2 fully saturated rings. The lowest BCUT2D eigenvalue weighted by atomic mass is 10.1. The van der Waals surface area contributed by atoms with Gasteiger partial charge in [-0.25, -0.2) is 9.18 Å². The van der Waals surface area contributed by atoms with Crippen LogP contribution in [0.3, 0.4) is 0 Å². The molecular weight excluding hydrogens is 293 g/mol. The molecule has 4 amide bonds. The second-order valence-corrected chi connectivity index (χ2v) is 5.19. The molecule has 2 saturated heterocycles. The van der Waals surface area contributed by atoms with E-state index < -0.39 is 23.8 Å². The topological polar surface area (TPSA) is 87.7 Å². The van der Waals surface area contributed by atoms with Crippen molar-refractivity contribution in [2.75, 3.05) is 13.1 Å². The van der Waals surface area contributed by atoms with Gasteiger partial charge in [-0.05, 0) is 12.1 Å². The summed E-state index contributed by atoms with van der Waals surface area (Å²) >= 11 is 0. The van der Waals surface area contributed by atoms with Crippen molar-refractivity contribution in [2.24, 2.45) is 0 Å². The fraction of sp³-hybridized carbons (Fsp3) is 0.357. The number of nitrogens with zero attached hydrogens (tertiary/aromatic N) is 1. The average Bonchev–Trinajstić information content (AvgIpc) is 2.73. The van der Waals surface area contributed by atoms with Crippen LogP contribution < -0.4 is 15.4 Å². The van der Waals surface area contributed by atoms with Gasteiger partial charge in [0.2, 0.25) is 5.91 Å². The number of carbonyl (C=O) groups excluding carboxylic acids is 3. The molecular formula is C14H14FN3O4. The van der Waals surface area contributed by atoms with Crippen molar-refractivity contribution in [2.45, 2.75) is 18.6 Å². The normalized spacial score (nSPS) is 21.1. The first-order valence-corrected chi connectivity index (χ1v) is 6.83. The highest BCUT2D eigenvalue weighted by molar-refractivity contribution is 6.05. The first-order valence-electron chi connectivity index (χ1n) is 6.83. The zero-order chi connectivity index (χ0) is 15.7. The first-order chi connectivity index (χ1) is 10.5. The van der Waals surface area contributed by atoms with Crippen LogP contribution in [-0.4, -0.2) is 48.0 Å². The van der Waals surface area contributed by atoms with Crippen LogP contribution in [0.4, 0.5) is 9.18 Å². The van der Waals surface area contributed by atoms with E-state index in [0.717, 1.165) is 0 Å². The Kier molecular flexibility index (Phi) is 3.66. The average molecular weight is 307 g/mol. The second-order valence-electron chi connectivity index (χ2n) is 5.19. The molecule has 22 heavy (non-hydrogen) atoms. The monoisotopic (exact) mass is 307 g/mol. The van der Waals surface area contributed by atoms with Crippen molar-refractivity contribution in [3.05, 3.63) is 30.1 Å². The molecule has 0 aliphatic carbocycles. The van der Waals surface area contributed by atoms with E-state index in [2.05, 4.69) is 10.6 Å². The van der Waals surface area contributed by atoms with Gasteiger partial charge in [0.1, 0.15) is 12.1 Å². The van der Waals surface area contributed by atoms with E-state index in [1.54, 1.807) is 12.1 Å². The molecule has 2 aliphatic heterocycles. The predicted molar refractivity (Wildman–Crippen MR) is 72.5 cm³/mol. The van der Waals surface area contributed by atoms with E-state index in [1.807, 2.05) is 0 Å². The maximum absolute atomic E-state index is 13.4. The van der Waals surface area contributed by atoms with Crippen LogP contribution in [0.5, 0.6) is 5.75 Å². The molecule has 3 rings (SSSR count). The highest BCUT2D eigenvalue weighted by Crippen LogP contribution is 2.21. The second kappa shape index (κ2) is 5.63. The van der Waals surface area contributed by atoms with Gasteiger partial charge < -0.3 is 15.0 Å². The lowest BCUT2D eigenvalue weighted by Gasteiger charge is -2.39. The molecule has 0 saturated carbocycles. The third-order valence-corrected chi connectivity index (χ3v) is 3.57. The van der Waals surface area contributed by atoms with Gasteiger partial charge in [0, 0.05) is 0 Å². The molecule has 0 unspecified atom stereocenters.